The van der Waals surface area contributed by atoms with E-state index in [0.717, 1.165) is 5.56 Å². The second-order valence-electron chi connectivity index (χ2n) is 4.63. The molecule has 0 saturated carbocycles. The quantitative estimate of drug-likeness (QED) is 0.630. The van der Waals surface area contributed by atoms with Crippen molar-refractivity contribution in [2.75, 3.05) is 5.32 Å². The van der Waals surface area contributed by atoms with Crippen LogP contribution in [0.15, 0.2) is 12.1 Å². The van der Waals surface area contributed by atoms with Gasteiger partial charge in [0.15, 0.2) is 0 Å². The number of hydrogen-bond acceptors (Lipinski definition) is 4. The molecule has 1 rings (SSSR count). The van der Waals surface area contributed by atoms with Crippen LogP contribution in [0.25, 0.3) is 0 Å². The van der Waals surface area contributed by atoms with E-state index in [1.807, 2.05) is 6.92 Å². The van der Waals surface area contributed by atoms with E-state index in [1.54, 1.807) is 19.9 Å². The maximum Gasteiger partial charge on any atom is 0.274 e. The van der Waals surface area contributed by atoms with Gasteiger partial charge in [0.2, 0.25) is 5.91 Å². The fraction of sp³-hybridized carbons (Fsp3) is 0.462. The first kappa shape index (κ1) is 15.1. The molecule has 1 amide bonds. The van der Waals surface area contributed by atoms with E-state index < -0.39 is 4.92 Å². The van der Waals surface area contributed by atoms with Gasteiger partial charge in [-0.15, -0.1) is 0 Å². The third kappa shape index (κ3) is 4.03. The minimum absolute atomic E-state index is 0.000639. The van der Waals surface area contributed by atoms with E-state index in [4.69, 9.17) is 5.73 Å². The maximum atomic E-state index is 11.7. The molecule has 0 fully saturated rings. The van der Waals surface area contributed by atoms with Crippen LogP contribution in [-0.4, -0.2) is 16.9 Å². The largest absolute Gasteiger partial charge is 0.327 e. The minimum Gasteiger partial charge on any atom is -0.327 e. The predicted molar refractivity (Wildman–Crippen MR) is 74.1 cm³/mol. The Labute approximate surface area is 112 Å². The van der Waals surface area contributed by atoms with Gasteiger partial charge < -0.3 is 11.1 Å². The predicted octanol–water partition coefficient (Wildman–Crippen LogP) is 2.28. The molecule has 1 aromatic rings. The Morgan fingerprint density at radius 2 is 2.05 bits per heavy atom. The van der Waals surface area contributed by atoms with E-state index in [-0.39, 0.29) is 24.1 Å². The van der Waals surface area contributed by atoms with Gasteiger partial charge in [0.25, 0.3) is 5.69 Å². The van der Waals surface area contributed by atoms with Gasteiger partial charge in [0, 0.05) is 24.1 Å². The normalized spacial score (nSPS) is 12.0. The van der Waals surface area contributed by atoms with Crippen molar-refractivity contribution in [1.82, 2.24) is 0 Å². The summed E-state index contributed by atoms with van der Waals surface area (Å²) in [5, 5.41) is 13.5. The molecule has 0 saturated heterocycles. The Morgan fingerprint density at radius 1 is 1.42 bits per heavy atom. The van der Waals surface area contributed by atoms with Gasteiger partial charge in [-0.25, -0.2) is 0 Å². The summed E-state index contributed by atoms with van der Waals surface area (Å²) >= 11 is 0. The highest BCUT2D eigenvalue weighted by molar-refractivity contribution is 5.92. The Balaban J connectivity index is 2.92. The van der Waals surface area contributed by atoms with Crippen molar-refractivity contribution in [3.63, 3.8) is 0 Å². The Kier molecular flexibility index (Phi) is 5.00. The van der Waals surface area contributed by atoms with Crippen molar-refractivity contribution in [3.8, 4) is 0 Å². The number of nitro benzene ring substituents is 1. The first-order valence-corrected chi connectivity index (χ1v) is 6.16. The molecule has 0 aromatic heterocycles. The van der Waals surface area contributed by atoms with E-state index in [0.29, 0.717) is 17.7 Å². The first-order chi connectivity index (χ1) is 8.85. The van der Waals surface area contributed by atoms with Gasteiger partial charge in [0.1, 0.15) is 0 Å². The summed E-state index contributed by atoms with van der Waals surface area (Å²) in [5.74, 6) is -0.226. The van der Waals surface area contributed by atoms with E-state index >= 15 is 0 Å². The summed E-state index contributed by atoms with van der Waals surface area (Å²) in [7, 11) is 0. The standard InChI is InChI=1S/C13H19N3O3/c1-4-10(14)6-13(17)15-11-7-12(16(18)19)9(3)5-8(11)2/h5,7,10H,4,6,14H2,1-3H3,(H,15,17). The number of amides is 1. The van der Waals surface area contributed by atoms with Crippen molar-refractivity contribution < 1.29 is 9.72 Å². The molecule has 1 atom stereocenters. The number of nitrogens with one attached hydrogen (secondary N) is 1. The van der Waals surface area contributed by atoms with Crippen molar-refractivity contribution in [1.29, 1.82) is 0 Å². The van der Waals surface area contributed by atoms with Crippen LogP contribution in [0.2, 0.25) is 0 Å². The fourth-order valence-electron chi connectivity index (χ4n) is 1.76. The van der Waals surface area contributed by atoms with Crippen LogP contribution in [-0.2, 0) is 4.79 Å². The zero-order chi connectivity index (χ0) is 14.6. The molecule has 0 bridgehead atoms. The number of nitrogens with two attached hydrogens (primary N) is 1. The Bertz CT molecular complexity index is 500. The number of nitrogens with zero attached hydrogens (tertiary/aromatic N) is 1. The molecule has 6 nitrogen and oxygen atoms in total. The molecule has 0 aliphatic heterocycles. The van der Waals surface area contributed by atoms with E-state index in [1.165, 1.54) is 6.07 Å². The number of carbonyl (C=O) groups excluding carboxylic acids is 1. The smallest absolute Gasteiger partial charge is 0.274 e. The number of hydrogen-bond donors (Lipinski definition) is 2. The summed E-state index contributed by atoms with van der Waals surface area (Å²) < 4.78 is 0. The molecule has 3 N–H and O–H groups in total. The van der Waals surface area contributed by atoms with Crippen LogP contribution >= 0.6 is 0 Å². The monoisotopic (exact) mass is 265 g/mol. The number of benzene rings is 1. The van der Waals surface area contributed by atoms with Gasteiger partial charge in [-0.1, -0.05) is 6.92 Å². The van der Waals surface area contributed by atoms with Crippen molar-refractivity contribution in [3.05, 3.63) is 33.4 Å². The summed E-state index contributed by atoms with van der Waals surface area (Å²) in [6, 6.07) is 2.88. The number of nitro groups is 1. The highest BCUT2D eigenvalue weighted by Crippen LogP contribution is 2.26. The van der Waals surface area contributed by atoms with Crippen molar-refractivity contribution in [2.24, 2.45) is 5.73 Å². The van der Waals surface area contributed by atoms with Gasteiger partial charge in [-0.2, -0.15) is 0 Å². The molecule has 1 unspecified atom stereocenters. The lowest BCUT2D eigenvalue weighted by molar-refractivity contribution is -0.385. The molecule has 0 radical (unpaired) electrons. The number of anilines is 1. The van der Waals surface area contributed by atoms with Gasteiger partial charge >= 0.3 is 0 Å². The van der Waals surface area contributed by atoms with Gasteiger partial charge in [-0.3, -0.25) is 14.9 Å². The topological polar surface area (TPSA) is 98.3 Å². The zero-order valence-electron chi connectivity index (χ0n) is 11.4. The van der Waals surface area contributed by atoms with Gasteiger partial charge in [-0.05, 0) is 31.9 Å². The van der Waals surface area contributed by atoms with Crippen molar-refractivity contribution in [2.45, 2.75) is 39.7 Å². The number of carbonyl (C=O) groups is 1. The molecule has 0 spiro atoms. The van der Waals surface area contributed by atoms with Crippen LogP contribution in [0.3, 0.4) is 0 Å². The molecule has 104 valence electrons. The van der Waals surface area contributed by atoms with Crippen molar-refractivity contribution >= 4 is 17.3 Å². The number of aryl methyl sites for hydroxylation is 2. The Morgan fingerprint density at radius 3 is 2.58 bits per heavy atom. The maximum absolute atomic E-state index is 11.7. The SMILES string of the molecule is CCC(N)CC(=O)Nc1cc([N+](=O)[O-])c(C)cc1C. The molecule has 0 aliphatic carbocycles. The molecular formula is C13H19N3O3. The average Bonchev–Trinajstić information content (AvgIpc) is 2.31. The number of rotatable bonds is 5. The fourth-order valence-corrected chi connectivity index (χ4v) is 1.76. The summed E-state index contributed by atoms with van der Waals surface area (Å²) in [6.07, 6.45) is 0.915. The average molecular weight is 265 g/mol. The second kappa shape index (κ2) is 6.29. The molecular weight excluding hydrogens is 246 g/mol. The van der Waals surface area contributed by atoms with Crippen LogP contribution < -0.4 is 11.1 Å². The molecule has 0 heterocycles. The van der Waals surface area contributed by atoms with Crippen LogP contribution in [0.5, 0.6) is 0 Å². The zero-order valence-corrected chi connectivity index (χ0v) is 11.4. The Hall–Kier alpha value is -1.95. The molecule has 1 aromatic carbocycles. The highest BCUT2D eigenvalue weighted by atomic mass is 16.6. The summed E-state index contributed by atoms with van der Waals surface area (Å²) in [6.45, 7) is 5.37. The van der Waals surface area contributed by atoms with E-state index in [2.05, 4.69) is 5.32 Å². The first-order valence-electron chi connectivity index (χ1n) is 6.16. The third-order valence-corrected chi connectivity index (χ3v) is 2.99. The summed E-state index contributed by atoms with van der Waals surface area (Å²) in [4.78, 5) is 22.2. The molecule has 0 aliphatic rings. The van der Waals surface area contributed by atoms with E-state index in [9.17, 15) is 14.9 Å². The minimum atomic E-state index is -0.456. The van der Waals surface area contributed by atoms with Crippen LogP contribution in [0.4, 0.5) is 11.4 Å². The lowest BCUT2D eigenvalue weighted by Gasteiger charge is -2.12. The summed E-state index contributed by atoms with van der Waals surface area (Å²) in [5.41, 5.74) is 7.53. The second-order valence-corrected chi connectivity index (χ2v) is 4.63. The molecule has 6 heteroatoms. The highest BCUT2D eigenvalue weighted by Gasteiger charge is 2.15. The van der Waals surface area contributed by atoms with Crippen LogP contribution in [0, 0.1) is 24.0 Å². The third-order valence-electron chi connectivity index (χ3n) is 2.99. The van der Waals surface area contributed by atoms with Crippen LogP contribution in [0.1, 0.15) is 30.9 Å². The van der Waals surface area contributed by atoms with Gasteiger partial charge in [0.05, 0.1) is 10.6 Å². The molecule has 19 heavy (non-hydrogen) atoms. The lowest BCUT2D eigenvalue weighted by Crippen LogP contribution is -2.26. The lowest BCUT2D eigenvalue weighted by atomic mass is 10.1.